The summed E-state index contributed by atoms with van der Waals surface area (Å²) < 4.78 is 13.3. The third-order valence-corrected chi connectivity index (χ3v) is 2.75. The maximum absolute atomic E-state index is 13.3. The zero-order valence-electron chi connectivity index (χ0n) is 9.50. The highest BCUT2D eigenvalue weighted by Gasteiger charge is 2.15. The Hall–Kier alpha value is -1.62. The number of carbonyl (C=O) groups is 1. The summed E-state index contributed by atoms with van der Waals surface area (Å²) >= 11 is 0. The molecule has 3 N–H and O–H groups in total. The van der Waals surface area contributed by atoms with Gasteiger partial charge in [0.1, 0.15) is 5.82 Å². The molecule has 0 bridgehead atoms. The first-order valence-corrected chi connectivity index (χ1v) is 5.78. The van der Waals surface area contributed by atoms with E-state index in [-0.39, 0.29) is 17.8 Å². The average molecular weight is 237 g/mol. The van der Waals surface area contributed by atoms with Gasteiger partial charge < -0.3 is 16.0 Å². The Labute approximate surface area is 99.6 Å². The molecule has 0 radical (unpaired) electrons. The molecule has 0 aromatic heterocycles. The summed E-state index contributed by atoms with van der Waals surface area (Å²) in [4.78, 5) is 11.6. The van der Waals surface area contributed by atoms with Crippen LogP contribution in [0.25, 0.3) is 0 Å². The van der Waals surface area contributed by atoms with Gasteiger partial charge in [0, 0.05) is 12.6 Å². The van der Waals surface area contributed by atoms with Crippen LogP contribution in [0.1, 0.15) is 12.8 Å². The number of para-hydroxylation sites is 1. The summed E-state index contributed by atoms with van der Waals surface area (Å²) in [5.41, 5.74) is 0.203. The number of nitrogens with one attached hydrogen (secondary N) is 3. The van der Waals surface area contributed by atoms with Crippen molar-refractivity contribution in [2.45, 2.75) is 18.9 Å². The third-order valence-electron chi connectivity index (χ3n) is 2.75. The van der Waals surface area contributed by atoms with Crippen LogP contribution in [0.15, 0.2) is 24.3 Å². The molecule has 0 spiro atoms. The van der Waals surface area contributed by atoms with E-state index in [0.29, 0.717) is 0 Å². The Kier molecular flexibility index (Phi) is 3.93. The number of hydrogen-bond acceptors (Lipinski definition) is 2. The topological polar surface area (TPSA) is 53.2 Å². The molecule has 0 saturated carbocycles. The number of hydrogen-bond donors (Lipinski definition) is 3. The smallest absolute Gasteiger partial charge is 0.319 e. The molecule has 1 aromatic carbocycles. The van der Waals surface area contributed by atoms with Crippen LogP contribution in [-0.2, 0) is 0 Å². The number of carbonyl (C=O) groups excluding carboxylic acids is 1. The first-order valence-electron chi connectivity index (χ1n) is 5.78. The summed E-state index contributed by atoms with van der Waals surface area (Å²) in [5, 5.41) is 8.52. The molecule has 1 aliphatic rings. The van der Waals surface area contributed by atoms with E-state index in [2.05, 4.69) is 16.0 Å². The molecule has 4 nitrogen and oxygen atoms in total. The predicted octanol–water partition coefficient (Wildman–Crippen LogP) is 1.70. The molecule has 5 heteroatoms. The van der Waals surface area contributed by atoms with E-state index in [4.69, 9.17) is 0 Å². The second-order valence-corrected chi connectivity index (χ2v) is 4.12. The third kappa shape index (κ3) is 3.42. The van der Waals surface area contributed by atoms with Gasteiger partial charge in [0.25, 0.3) is 0 Å². The summed E-state index contributed by atoms with van der Waals surface area (Å²) in [6.45, 7) is 1.76. The lowest BCUT2D eigenvalue weighted by Gasteiger charge is -2.23. The van der Waals surface area contributed by atoms with Crippen molar-refractivity contribution in [1.82, 2.24) is 10.6 Å². The normalized spacial score (nSPS) is 19.7. The van der Waals surface area contributed by atoms with Crippen LogP contribution in [0, 0.1) is 5.82 Å². The van der Waals surface area contributed by atoms with Crippen molar-refractivity contribution >= 4 is 11.7 Å². The van der Waals surface area contributed by atoms with Crippen LogP contribution in [0.3, 0.4) is 0 Å². The van der Waals surface area contributed by atoms with Crippen LogP contribution in [0.2, 0.25) is 0 Å². The molecule has 2 amide bonds. The molecule has 2 rings (SSSR count). The molecule has 1 saturated heterocycles. The number of amides is 2. The molecule has 1 heterocycles. The molecule has 1 atom stereocenters. The van der Waals surface area contributed by atoms with Crippen molar-refractivity contribution in [2.75, 3.05) is 18.4 Å². The van der Waals surface area contributed by atoms with Crippen LogP contribution >= 0.6 is 0 Å². The minimum atomic E-state index is -0.426. The highest BCUT2D eigenvalue weighted by molar-refractivity contribution is 5.89. The van der Waals surface area contributed by atoms with Crippen LogP contribution < -0.4 is 16.0 Å². The average Bonchev–Trinajstić information content (AvgIpc) is 2.33. The van der Waals surface area contributed by atoms with Gasteiger partial charge in [-0.3, -0.25) is 0 Å². The number of benzene rings is 1. The Balaban J connectivity index is 1.86. The number of rotatable bonds is 2. The second kappa shape index (κ2) is 5.63. The maximum Gasteiger partial charge on any atom is 0.319 e. The van der Waals surface area contributed by atoms with E-state index in [1.807, 2.05) is 0 Å². The molecule has 0 aliphatic carbocycles. The summed E-state index contributed by atoms with van der Waals surface area (Å²) in [5.74, 6) is -0.426. The molecule has 1 aromatic rings. The quantitative estimate of drug-likeness (QED) is 0.733. The number of halogens is 1. The maximum atomic E-state index is 13.3. The van der Waals surface area contributed by atoms with Crippen molar-refractivity contribution < 1.29 is 9.18 Å². The monoisotopic (exact) mass is 237 g/mol. The standard InChI is InChI=1S/C12H16FN3O/c13-10-5-1-2-6-11(10)16-12(17)15-9-4-3-7-14-8-9/h1-2,5-6,9,14H,3-4,7-8H2,(H2,15,16,17)/t9-/m1/s1. The highest BCUT2D eigenvalue weighted by atomic mass is 19.1. The van der Waals surface area contributed by atoms with Crippen LogP contribution in [0.5, 0.6) is 0 Å². The fraction of sp³-hybridized carbons (Fsp3) is 0.417. The van der Waals surface area contributed by atoms with E-state index in [9.17, 15) is 9.18 Å². The minimum Gasteiger partial charge on any atom is -0.334 e. The summed E-state index contributed by atoms with van der Waals surface area (Å²) in [7, 11) is 0. The lowest BCUT2D eigenvalue weighted by atomic mass is 10.1. The SMILES string of the molecule is O=C(Nc1ccccc1F)N[C@@H]1CCCNC1. The van der Waals surface area contributed by atoms with Gasteiger partial charge in [-0.2, -0.15) is 0 Å². The lowest BCUT2D eigenvalue weighted by molar-refractivity contribution is 0.245. The van der Waals surface area contributed by atoms with Gasteiger partial charge in [-0.05, 0) is 31.5 Å². The first-order chi connectivity index (χ1) is 8.25. The molecule has 1 fully saturated rings. The molecular weight excluding hydrogens is 221 g/mol. The van der Waals surface area contributed by atoms with Crippen molar-refractivity contribution in [3.8, 4) is 0 Å². The van der Waals surface area contributed by atoms with E-state index in [1.54, 1.807) is 12.1 Å². The zero-order valence-corrected chi connectivity index (χ0v) is 9.50. The summed E-state index contributed by atoms with van der Waals surface area (Å²) in [6, 6.07) is 5.88. The fourth-order valence-corrected chi connectivity index (χ4v) is 1.88. The van der Waals surface area contributed by atoms with Crippen molar-refractivity contribution in [3.05, 3.63) is 30.1 Å². The van der Waals surface area contributed by atoms with Crippen molar-refractivity contribution in [1.29, 1.82) is 0 Å². The zero-order chi connectivity index (χ0) is 12.1. The first kappa shape index (κ1) is 11.9. The van der Waals surface area contributed by atoms with E-state index in [1.165, 1.54) is 12.1 Å². The van der Waals surface area contributed by atoms with Crippen LogP contribution in [0.4, 0.5) is 14.9 Å². The Bertz CT molecular complexity index is 391. The van der Waals surface area contributed by atoms with Crippen molar-refractivity contribution in [2.24, 2.45) is 0 Å². The van der Waals surface area contributed by atoms with E-state index in [0.717, 1.165) is 25.9 Å². The molecule has 92 valence electrons. The van der Waals surface area contributed by atoms with Gasteiger partial charge in [-0.15, -0.1) is 0 Å². The minimum absolute atomic E-state index is 0.121. The Morgan fingerprint density at radius 3 is 2.94 bits per heavy atom. The lowest BCUT2D eigenvalue weighted by Crippen LogP contribution is -2.47. The highest BCUT2D eigenvalue weighted by Crippen LogP contribution is 2.12. The van der Waals surface area contributed by atoms with Crippen LogP contribution in [-0.4, -0.2) is 25.2 Å². The van der Waals surface area contributed by atoms with E-state index >= 15 is 0 Å². The van der Waals surface area contributed by atoms with Gasteiger partial charge in [0.15, 0.2) is 0 Å². The van der Waals surface area contributed by atoms with Gasteiger partial charge in [0.2, 0.25) is 0 Å². The van der Waals surface area contributed by atoms with E-state index < -0.39 is 5.82 Å². The fourth-order valence-electron chi connectivity index (χ4n) is 1.88. The predicted molar refractivity (Wildman–Crippen MR) is 64.4 cm³/mol. The molecule has 17 heavy (non-hydrogen) atoms. The Morgan fingerprint density at radius 2 is 2.24 bits per heavy atom. The largest absolute Gasteiger partial charge is 0.334 e. The van der Waals surface area contributed by atoms with Gasteiger partial charge in [0.05, 0.1) is 5.69 Å². The van der Waals surface area contributed by atoms with Gasteiger partial charge >= 0.3 is 6.03 Å². The number of urea groups is 1. The van der Waals surface area contributed by atoms with Crippen molar-refractivity contribution in [3.63, 3.8) is 0 Å². The number of piperidine rings is 1. The molecule has 1 aliphatic heterocycles. The number of anilines is 1. The molecule has 0 unspecified atom stereocenters. The summed E-state index contributed by atoms with van der Waals surface area (Å²) in [6.07, 6.45) is 2.00. The van der Waals surface area contributed by atoms with Gasteiger partial charge in [-0.1, -0.05) is 12.1 Å². The Morgan fingerprint density at radius 1 is 1.41 bits per heavy atom. The second-order valence-electron chi connectivity index (χ2n) is 4.12. The molecular formula is C12H16FN3O. The van der Waals surface area contributed by atoms with Gasteiger partial charge in [-0.25, -0.2) is 9.18 Å².